The van der Waals surface area contributed by atoms with Crippen LogP contribution in [0.3, 0.4) is 0 Å². The lowest BCUT2D eigenvalue weighted by Crippen LogP contribution is -2.04. The van der Waals surface area contributed by atoms with Gasteiger partial charge < -0.3 is 10.5 Å². The van der Waals surface area contributed by atoms with Gasteiger partial charge in [0.25, 0.3) is 0 Å². The predicted molar refractivity (Wildman–Crippen MR) is 121 cm³/mol. The van der Waals surface area contributed by atoms with Gasteiger partial charge >= 0.3 is 0 Å². The molecule has 0 amide bonds. The van der Waals surface area contributed by atoms with E-state index in [4.69, 9.17) is 33.7 Å². The van der Waals surface area contributed by atoms with Gasteiger partial charge in [-0.25, -0.2) is 9.19 Å². The summed E-state index contributed by atoms with van der Waals surface area (Å²) >= 11 is 13.8. The van der Waals surface area contributed by atoms with Crippen LogP contribution in [-0.4, -0.2) is 19.4 Å². The second-order valence-corrected chi connectivity index (χ2v) is 8.81. The summed E-state index contributed by atoms with van der Waals surface area (Å²) in [6, 6.07) is 13.6. The van der Waals surface area contributed by atoms with Crippen LogP contribution in [0.15, 0.2) is 65.1 Å². The number of hydrogen-bond donors (Lipinski definition) is 2. The minimum Gasteiger partial charge on any atom is -0.455 e. The molecule has 0 saturated carbocycles. The first-order valence-electron chi connectivity index (χ1n) is 8.43. The van der Waals surface area contributed by atoms with E-state index in [1.807, 2.05) is 6.07 Å². The quantitative estimate of drug-likeness (QED) is 0.384. The summed E-state index contributed by atoms with van der Waals surface area (Å²) in [4.78, 5) is 4.48. The number of anilines is 2. The molecule has 0 aliphatic carbocycles. The van der Waals surface area contributed by atoms with E-state index in [-0.39, 0.29) is 0 Å². The topological polar surface area (TPSA) is 103 Å². The Balaban J connectivity index is 1.61. The van der Waals surface area contributed by atoms with E-state index in [1.54, 1.807) is 54.2 Å². The average Bonchev–Trinajstić information content (AvgIpc) is 3.23. The van der Waals surface area contributed by atoms with Crippen LogP contribution in [0, 0.1) is 0 Å². The van der Waals surface area contributed by atoms with E-state index < -0.39 is 11.0 Å². The first-order valence-corrected chi connectivity index (χ1v) is 11.2. The Morgan fingerprint density at radius 2 is 1.90 bits per heavy atom. The third-order valence-corrected chi connectivity index (χ3v) is 6.24. The molecular formula is C19H13Cl2N5O2S2. The molecule has 1 unspecified atom stereocenters. The fraction of sp³-hybridized carbons (Fsp3) is 0. The summed E-state index contributed by atoms with van der Waals surface area (Å²) in [6.45, 7) is 0. The molecule has 0 fully saturated rings. The number of benzene rings is 2. The van der Waals surface area contributed by atoms with Crippen molar-refractivity contribution in [1.29, 1.82) is 0 Å². The molecule has 0 bridgehead atoms. The smallest absolute Gasteiger partial charge is 0.217 e. The van der Waals surface area contributed by atoms with E-state index in [1.165, 1.54) is 11.3 Å². The molecule has 0 aliphatic heterocycles. The highest BCUT2D eigenvalue weighted by atomic mass is 35.5. The van der Waals surface area contributed by atoms with E-state index in [0.717, 1.165) is 11.1 Å². The molecule has 0 saturated heterocycles. The van der Waals surface area contributed by atoms with Crippen LogP contribution >= 0.6 is 34.5 Å². The number of nitrogens with zero attached hydrogens (tertiary/aromatic N) is 3. The van der Waals surface area contributed by atoms with Crippen LogP contribution in [0.1, 0.15) is 0 Å². The van der Waals surface area contributed by atoms with Gasteiger partial charge in [-0.05, 0) is 54.1 Å². The van der Waals surface area contributed by atoms with Crippen LogP contribution in [0.4, 0.5) is 10.9 Å². The normalized spacial score (nSPS) is 11.8. The number of halogens is 2. The van der Waals surface area contributed by atoms with Crippen molar-refractivity contribution in [3.63, 3.8) is 0 Å². The Morgan fingerprint density at radius 3 is 2.63 bits per heavy atom. The lowest BCUT2D eigenvalue weighted by atomic mass is 10.1. The highest BCUT2D eigenvalue weighted by Crippen LogP contribution is 2.38. The van der Waals surface area contributed by atoms with Crippen molar-refractivity contribution in [2.75, 3.05) is 10.5 Å². The minimum atomic E-state index is -1.54. The highest BCUT2D eigenvalue weighted by Gasteiger charge is 2.14. The number of rotatable bonds is 6. The molecule has 2 aromatic heterocycles. The van der Waals surface area contributed by atoms with Crippen LogP contribution in [0.2, 0.25) is 10.0 Å². The number of nitrogens with one attached hydrogen (secondary N) is 1. The van der Waals surface area contributed by atoms with Crippen molar-refractivity contribution in [2.24, 2.45) is 0 Å². The SMILES string of the molecule is Nc1cc(-c2cc(Cl)ccc2Oc2ccc(S(=O)Nc3nncs3)cc2Cl)ccn1. The highest BCUT2D eigenvalue weighted by molar-refractivity contribution is 7.86. The Bertz CT molecular complexity index is 1220. The summed E-state index contributed by atoms with van der Waals surface area (Å²) < 4.78 is 21.3. The van der Waals surface area contributed by atoms with Gasteiger partial charge in [0.1, 0.15) is 22.8 Å². The second-order valence-electron chi connectivity index (χ2n) is 5.92. The van der Waals surface area contributed by atoms with Crippen LogP contribution in [0.5, 0.6) is 11.5 Å². The first kappa shape index (κ1) is 20.5. The zero-order valence-electron chi connectivity index (χ0n) is 15.1. The zero-order valence-corrected chi connectivity index (χ0v) is 18.2. The molecular weight excluding hydrogens is 465 g/mol. The Kier molecular flexibility index (Phi) is 6.14. The molecule has 30 heavy (non-hydrogen) atoms. The molecule has 0 radical (unpaired) electrons. The van der Waals surface area contributed by atoms with Gasteiger partial charge in [-0.1, -0.05) is 34.5 Å². The second kappa shape index (κ2) is 8.97. The molecule has 3 N–H and O–H groups in total. The standard InChI is InChI=1S/C19H13Cl2N5O2S2/c20-12-1-3-16(14(8-12)11-5-6-23-18(22)7-11)28-17-4-2-13(9-15(17)21)30(27)26-19-25-24-10-29-19/h1-10H,(H2,22,23)(H,25,26). The maximum Gasteiger partial charge on any atom is 0.217 e. The molecule has 7 nitrogen and oxygen atoms in total. The van der Waals surface area contributed by atoms with E-state index in [2.05, 4.69) is 19.9 Å². The summed E-state index contributed by atoms with van der Waals surface area (Å²) in [6.07, 6.45) is 1.61. The predicted octanol–water partition coefficient (Wildman–Crippen LogP) is 5.42. The number of ether oxygens (including phenoxy) is 1. The Labute approximate surface area is 188 Å². The number of nitrogen functional groups attached to an aromatic ring is 1. The molecule has 11 heteroatoms. The summed E-state index contributed by atoms with van der Waals surface area (Å²) in [5.41, 5.74) is 8.89. The van der Waals surface area contributed by atoms with Crippen LogP contribution < -0.4 is 15.2 Å². The average molecular weight is 478 g/mol. The van der Waals surface area contributed by atoms with Crippen molar-refractivity contribution < 1.29 is 8.95 Å². The summed E-state index contributed by atoms with van der Waals surface area (Å²) in [5.74, 6) is 1.32. The maximum atomic E-state index is 12.4. The number of hydrogen-bond acceptors (Lipinski definition) is 7. The molecule has 152 valence electrons. The van der Waals surface area contributed by atoms with Gasteiger partial charge in [-0.3, -0.25) is 4.72 Å². The molecule has 2 aromatic carbocycles. The van der Waals surface area contributed by atoms with Crippen molar-refractivity contribution in [1.82, 2.24) is 15.2 Å². The summed E-state index contributed by atoms with van der Waals surface area (Å²) in [7, 11) is -1.54. The van der Waals surface area contributed by atoms with E-state index in [9.17, 15) is 4.21 Å². The van der Waals surface area contributed by atoms with Gasteiger partial charge in [0.05, 0.1) is 9.92 Å². The van der Waals surface area contributed by atoms with Crippen molar-refractivity contribution in [3.05, 3.63) is 70.3 Å². The lowest BCUT2D eigenvalue weighted by molar-refractivity contribution is 0.484. The fourth-order valence-corrected chi connectivity index (χ4v) is 4.48. The molecule has 4 rings (SSSR count). The fourth-order valence-electron chi connectivity index (χ4n) is 2.59. The first-order chi connectivity index (χ1) is 14.5. The number of nitrogens with two attached hydrogens (primary N) is 1. The molecule has 1 atom stereocenters. The maximum absolute atomic E-state index is 12.4. The molecule has 2 heterocycles. The molecule has 0 spiro atoms. The number of aromatic nitrogens is 3. The lowest BCUT2D eigenvalue weighted by Gasteiger charge is -2.14. The van der Waals surface area contributed by atoms with Crippen molar-refractivity contribution in [2.45, 2.75) is 4.90 Å². The van der Waals surface area contributed by atoms with Crippen molar-refractivity contribution in [3.8, 4) is 22.6 Å². The van der Waals surface area contributed by atoms with Crippen LogP contribution in [0.25, 0.3) is 11.1 Å². The third-order valence-electron chi connectivity index (χ3n) is 3.91. The zero-order chi connectivity index (χ0) is 21.1. The third kappa shape index (κ3) is 4.71. The van der Waals surface area contributed by atoms with E-state index >= 15 is 0 Å². The van der Waals surface area contributed by atoms with Crippen LogP contribution in [-0.2, 0) is 11.0 Å². The monoisotopic (exact) mass is 477 g/mol. The minimum absolute atomic E-state index is 0.301. The Morgan fingerprint density at radius 1 is 1.07 bits per heavy atom. The van der Waals surface area contributed by atoms with Crippen molar-refractivity contribution >= 4 is 56.5 Å². The van der Waals surface area contributed by atoms with Gasteiger partial charge in [-0.2, -0.15) is 0 Å². The van der Waals surface area contributed by atoms with Gasteiger partial charge in [0, 0.05) is 16.8 Å². The summed E-state index contributed by atoms with van der Waals surface area (Å²) in [5, 5.41) is 8.81. The Hall–Kier alpha value is -2.72. The number of pyridine rings is 1. The van der Waals surface area contributed by atoms with Gasteiger partial charge in [0.15, 0.2) is 11.0 Å². The molecule has 4 aromatic rings. The van der Waals surface area contributed by atoms with Gasteiger partial charge in [-0.15, -0.1) is 10.2 Å². The largest absolute Gasteiger partial charge is 0.455 e. The van der Waals surface area contributed by atoms with E-state index in [0.29, 0.717) is 37.4 Å². The van der Waals surface area contributed by atoms with Gasteiger partial charge in [0.2, 0.25) is 5.13 Å². The molecule has 0 aliphatic rings.